The van der Waals surface area contributed by atoms with Crippen LogP contribution in [0.4, 0.5) is 0 Å². The molecule has 0 heterocycles. The van der Waals surface area contributed by atoms with Crippen molar-refractivity contribution < 1.29 is 9.90 Å². The fraction of sp³-hybridized carbons (Fsp3) is 0.727. The molecule has 0 aromatic carbocycles. The molecule has 0 bridgehead atoms. The summed E-state index contributed by atoms with van der Waals surface area (Å²) in [5.41, 5.74) is 1.06. The summed E-state index contributed by atoms with van der Waals surface area (Å²) in [7, 11) is 0. The van der Waals surface area contributed by atoms with E-state index in [0.717, 1.165) is 31.3 Å². The lowest BCUT2D eigenvalue weighted by atomic mass is 9.79. The molecule has 2 aliphatic carbocycles. The number of allylic oxidation sites excluding steroid dienone is 2. The number of hydrogen-bond donors (Lipinski definition) is 1. The predicted octanol–water partition coefficient (Wildman–Crippen LogP) is 2.60. The maximum Gasteiger partial charge on any atom is 0.200 e. The summed E-state index contributed by atoms with van der Waals surface area (Å²) >= 11 is 0. The first-order valence-corrected chi connectivity index (χ1v) is 5.22. The summed E-state index contributed by atoms with van der Waals surface area (Å²) in [6, 6.07) is 0. The number of fused-ring (bicyclic) bond motifs is 1. The van der Waals surface area contributed by atoms with Crippen molar-refractivity contribution in [2.75, 3.05) is 0 Å². The number of hydrogen-bond acceptors (Lipinski definition) is 2. The van der Waals surface area contributed by atoms with E-state index in [1.807, 2.05) is 6.92 Å². The van der Waals surface area contributed by atoms with Crippen molar-refractivity contribution in [1.82, 2.24) is 0 Å². The lowest BCUT2D eigenvalue weighted by Crippen LogP contribution is -2.19. The van der Waals surface area contributed by atoms with E-state index in [0.29, 0.717) is 5.92 Å². The highest BCUT2D eigenvalue weighted by Crippen LogP contribution is 2.43. The zero-order valence-electron chi connectivity index (χ0n) is 8.05. The number of Topliss-reactive ketones (excluding diaryl/α,β-unsaturated/α-hetero) is 1. The lowest BCUT2D eigenvalue weighted by Gasteiger charge is -2.24. The maximum atomic E-state index is 11.6. The van der Waals surface area contributed by atoms with Crippen LogP contribution in [0.25, 0.3) is 0 Å². The summed E-state index contributed by atoms with van der Waals surface area (Å²) in [6.07, 6.45) is 5.27. The van der Waals surface area contributed by atoms with Crippen LogP contribution in [-0.2, 0) is 4.79 Å². The molecule has 72 valence electrons. The topological polar surface area (TPSA) is 37.3 Å². The molecule has 0 radical (unpaired) electrons. The highest BCUT2D eigenvalue weighted by molar-refractivity contribution is 5.98. The normalized spacial score (nSPS) is 33.8. The van der Waals surface area contributed by atoms with Gasteiger partial charge >= 0.3 is 0 Å². The second-order valence-corrected chi connectivity index (χ2v) is 4.11. The maximum absolute atomic E-state index is 11.6. The summed E-state index contributed by atoms with van der Waals surface area (Å²) in [4.78, 5) is 11.6. The van der Waals surface area contributed by atoms with E-state index in [2.05, 4.69) is 0 Å². The molecule has 2 nitrogen and oxygen atoms in total. The molecular weight excluding hydrogens is 164 g/mol. The van der Waals surface area contributed by atoms with Crippen LogP contribution in [0.5, 0.6) is 0 Å². The van der Waals surface area contributed by atoms with Crippen molar-refractivity contribution in [3.8, 4) is 0 Å². The summed E-state index contributed by atoms with van der Waals surface area (Å²) in [6.45, 7) is 2.04. The molecule has 0 aromatic heterocycles. The molecule has 0 spiro atoms. The second-order valence-electron chi connectivity index (χ2n) is 4.11. The molecule has 2 rings (SSSR count). The van der Waals surface area contributed by atoms with Crippen LogP contribution in [0.15, 0.2) is 11.3 Å². The Hall–Kier alpha value is -0.790. The van der Waals surface area contributed by atoms with Crippen molar-refractivity contribution >= 4 is 5.78 Å². The van der Waals surface area contributed by atoms with E-state index < -0.39 is 0 Å². The van der Waals surface area contributed by atoms with Gasteiger partial charge in [0.1, 0.15) is 0 Å². The van der Waals surface area contributed by atoms with Gasteiger partial charge in [0, 0.05) is 5.92 Å². The van der Waals surface area contributed by atoms with E-state index in [1.54, 1.807) is 0 Å². The molecule has 0 aromatic rings. The molecular formula is C11H16O2. The fourth-order valence-corrected chi connectivity index (χ4v) is 2.76. The minimum absolute atomic E-state index is 0.00407. The van der Waals surface area contributed by atoms with Crippen LogP contribution in [-0.4, -0.2) is 10.9 Å². The number of aliphatic hydroxyl groups is 1. The van der Waals surface area contributed by atoms with E-state index in [1.165, 1.54) is 6.42 Å². The van der Waals surface area contributed by atoms with Gasteiger partial charge in [0.05, 0.1) is 0 Å². The second kappa shape index (κ2) is 3.17. The number of carbonyl (C=O) groups excluding carboxylic acids is 1. The largest absolute Gasteiger partial charge is 0.504 e. The molecule has 0 aliphatic heterocycles. The van der Waals surface area contributed by atoms with Gasteiger partial charge in [0.25, 0.3) is 0 Å². The Kier molecular flexibility index (Phi) is 2.14. The minimum Gasteiger partial charge on any atom is -0.504 e. The Morgan fingerprint density at radius 1 is 1.46 bits per heavy atom. The molecule has 1 fully saturated rings. The monoisotopic (exact) mass is 180 g/mol. The van der Waals surface area contributed by atoms with Gasteiger partial charge in [-0.25, -0.2) is 0 Å². The highest BCUT2D eigenvalue weighted by atomic mass is 16.3. The molecule has 1 saturated carbocycles. The third-order valence-electron chi connectivity index (χ3n) is 3.46. The number of rotatable bonds is 1. The van der Waals surface area contributed by atoms with Crippen LogP contribution < -0.4 is 0 Å². The lowest BCUT2D eigenvalue weighted by molar-refractivity contribution is -0.121. The van der Waals surface area contributed by atoms with Crippen LogP contribution >= 0.6 is 0 Å². The average Bonchev–Trinajstić information content (AvgIpc) is 2.41. The molecule has 0 amide bonds. The molecule has 2 heteroatoms. The summed E-state index contributed by atoms with van der Waals surface area (Å²) < 4.78 is 0. The van der Waals surface area contributed by atoms with Gasteiger partial charge in [-0.3, -0.25) is 4.79 Å². The van der Waals surface area contributed by atoms with Crippen molar-refractivity contribution in [2.24, 2.45) is 11.8 Å². The van der Waals surface area contributed by atoms with Crippen LogP contribution in [0.3, 0.4) is 0 Å². The molecule has 2 atom stereocenters. The summed E-state index contributed by atoms with van der Waals surface area (Å²) in [5.74, 6) is 0.586. The first-order valence-electron chi connectivity index (χ1n) is 5.22. The van der Waals surface area contributed by atoms with Crippen LogP contribution in [0.1, 0.15) is 39.0 Å². The Balaban J connectivity index is 2.30. The zero-order valence-corrected chi connectivity index (χ0v) is 8.05. The zero-order chi connectivity index (χ0) is 9.42. The third kappa shape index (κ3) is 1.19. The molecule has 1 N–H and O–H groups in total. The van der Waals surface area contributed by atoms with Crippen molar-refractivity contribution in [1.29, 1.82) is 0 Å². The first kappa shape index (κ1) is 8.79. The summed E-state index contributed by atoms with van der Waals surface area (Å²) in [5, 5.41) is 9.62. The Morgan fingerprint density at radius 3 is 2.92 bits per heavy atom. The van der Waals surface area contributed by atoms with Crippen molar-refractivity contribution in [3.63, 3.8) is 0 Å². The molecule has 2 unspecified atom stereocenters. The SMILES string of the molecule is CCC1C(=O)C(O)=C2CCCCC21. The van der Waals surface area contributed by atoms with Gasteiger partial charge in [0.2, 0.25) is 5.78 Å². The van der Waals surface area contributed by atoms with Crippen molar-refractivity contribution in [3.05, 3.63) is 11.3 Å². The number of carbonyl (C=O) groups is 1. The smallest absolute Gasteiger partial charge is 0.200 e. The van der Waals surface area contributed by atoms with Gasteiger partial charge in [-0.1, -0.05) is 13.3 Å². The molecule has 13 heavy (non-hydrogen) atoms. The quantitative estimate of drug-likeness (QED) is 0.673. The fourth-order valence-electron chi connectivity index (χ4n) is 2.76. The van der Waals surface area contributed by atoms with E-state index in [-0.39, 0.29) is 17.5 Å². The Morgan fingerprint density at radius 2 is 2.23 bits per heavy atom. The van der Waals surface area contributed by atoms with E-state index in [9.17, 15) is 9.90 Å². The van der Waals surface area contributed by atoms with Gasteiger partial charge in [-0.15, -0.1) is 0 Å². The third-order valence-corrected chi connectivity index (χ3v) is 3.46. The Bertz CT molecular complexity index is 265. The van der Waals surface area contributed by atoms with Gasteiger partial charge in [0.15, 0.2) is 5.76 Å². The van der Waals surface area contributed by atoms with Crippen LogP contribution in [0.2, 0.25) is 0 Å². The van der Waals surface area contributed by atoms with Crippen LogP contribution in [0, 0.1) is 11.8 Å². The van der Waals surface area contributed by atoms with E-state index in [4.69, 9.17) is 0 Å². The van der Waals surface area contributed by atoms with E-state index >= 15 is 0 Å². The van der Waals surface area contributed by atoms with Gasteiger partial charge in [-0.05, 0) is 37.2 Å². The van der Waals surface area contributed by atoms with Gasteiger partial charge < -0.3 is 5.11 Å². The van der Waals surface area contributed by atoms with Crippen molar-refractivity contribution in [2.45, 2.75) is 39.0 Å². The number of aliphatic hydroxyl groups excluding tert-OH is 1. The number of ketones is 1. The van der Waals surface area contributed by atoms with Gasteiger partial charge in [-0.2, -0.15) is 0 Å². The first-order chi connectivity index (χ1) is 6.25. The predicted molar refractivity (Wildman–Crippen MR) is 50.4 cm³/mol. The average molecular weight is 180 g/mol. The highest BCUT2D eigenvalue weighted by Gasteiger charge is 2.41. The minimum atomic E-state index is 0.00407. The Labute approximate surface area is 78.6 Å². The standard InChI is InChI=1S/C11H16O2/c1-2-7-8-5-3-4-6-9(8)11(13)10(7)12/h7-8,13H,2-6H2,1H3. The molecule has 2 aliphatic rings. The molecule has 0 saturated heterocycles.